The molecule has 0 aliphatic rings. The van der Waals surface area contributed by atoms with E-state index in [9.17, 15) is 18.0 Å². The molecule has 0 saturated heterocycles. The molecule has 3 rings (SSSR count). The summed E-state index contributed by atoms with van der Waals surface area (Å²) in [5.41, 5.74) is -0.245. The number of carbonyl (C=O) groups is 1. The molecule has 0 N–H and O–H groups in total. The van der Waals surface area contributed by atoms with Gasteiger partial charge in [0.05, 0.1) is 5.56 Å². The van der Waals surface area contributed by atoms with Crippen LogP contribution in [0, 0.1) is 22.7 Å². The molecule has 0 aliphatic carbocycles. The third kappa shape index (κ3) is 3.62. The zero-order valence-corrected chi connectivity index (χ0v) is 14.2. The summed E-state index contributed by atoms with van der Waals surface area (Å²) in [6.07, 6.45) is -0.259. The van der Waals surface area contributed by atoms with Gasteiger partial charge in [-0.2, -0.15) is 23.7 Å². The summed E-state index contributed by atoms with van der Waals surface area (Å²) in [6.45, 7) is -0.106. The lowest BCUT2D eigenvalue weighted by Crippen LogP contribution is -2.11. The SMILES string of the molecule is N#CC(=O)/C(C#N)=C/c1cn(Cc2ccccc2C(F)(F)F)c2ncccc12. The molecule has 8 heteroatoms. The number of hydrogen-bond acceptors (Lipinski definition) is 4. The van der Waals surface area contributed by atoms with Crippen molar-refractivity contribution < 1.29 is 18.0 Å². The molecule has 28 heavy (non-hydrogen) atoms. The highest BCUT2D eigenvalue weighted by atomic mass is 19.4. The molecule has 0 aliphatic heterocycles. The van der Waals surface area contributed by atoms with Crippen molar-refractivity contribution in [2.45, 2.75) is 12.7 Å². The van der Waals surface area contributed by atoms with Crippen LogP contribution in [-0.4, -0.2) is 15.3 Å². The second kappa shape index (κ2) is 7.37. The molecule has 1 aromatic carbocycles. The van der Waals surface area contributed by atoms with Gasteiger partial charge < -0.3 is 4.57 Å². The minimum Gasteiger partial charge on any atom is -0.327 e. The van der Waals surface area contributed by atoms with Crippen LogP contribution in [0.25, 0.3) is 17.1 Å². The van der Waals surface area contributed by atoms with Crippen molar-refractivity contribution >= 4 is 22.9 Å². The van der Waals surface area contributed by atoms with Gasteiger partial charge in [-0.1, -0.05) is 18.2 Å². The van der Waals surface area contributed by atoms with Gasteiger partial charge in [-0.25, -0.2) is 4.98 Å². The molecule has 5 nitrogen and oxygen atoms in total. The Labute approximate surface area is 157 Å². The number of rotatable bonds is 4. The first-order chi connectivity index (χ1) is 13.3. The first kappa shape index (κ1) is 18.9. The standard InChI is InChI=1S/C20H11F3N4O/c21-20(22,23)17-6-2-1-4-13(17)11-27-12-15(8-14(9-24)18(28)10-25)16-5-3-7-26-19(16)27/h1-8,12H,11H2/b14-8+. The van der Waals surface area contributed by atoms with Gasteiger partial charge in [0, 0.05) is 29.9 Å². The zero-order valence-electron chi connectivity index (χ0n) is 14.2. The van der Waals surface area contributed by atoms with Crippen LogP contribution in [0.4, 0.5) is 13.2 Å². The normalized spacial score (nSPS) is 11.8. The number of alkyl halides is 3. The summed E-state index contributed by atoms with van der Waals surface area (Å²) in [4.78, 5) is 15.7. The van der Waals surface area contributed by atoms with Gasteiger partial charge in [-0.05, 0) is 29.8 Å². The molecule has 138 valence electrons. The molecule has 2 aromatic heterocycles. The first-order valence-corrected chi connectivity index (χ1v) is 8.00. The van der Waals surface area contributed by atoms with Crippen molar-refractivity contribution in [3.05, 3.63) is 71.1 Å². The van der Waals surface area contributed by atoms with Crippen LogP contribution >= 0.6 is 0 Å². The molecule has 3 aromatic rings. The predicted molar refractivity (Wildman–Crippen MR) is 94.5 cm³/mol. The van der Waals surface area contributed by atoms with E-state index in [1.807, 2.05) is 0 Å². The number of pyridine rings is 1. The highest BCUT2D eigenvalue weighted by molar-refractivity contribution is 6.13. The number of Topliss-reactive ketones (excluding diaryl/α,β-unsaturated/α-hetero) is 1. The summed E-state index contributed by atoms with van der Waals surface area (Å²) >= 11 is 0. The van der Waals surface area contributed by atoms with Crippen molar-refractivity contribution in [3.63, 3.8) is 0 Å². The van der Waals surface area contributed by atoms with E-state index in [2.05, 4.69) is 4.98 Å². The fraction of sp³-hybridized carbons (Fsp3) is 0.100. The summed E-state index contributed by atoms with van der Waals surface area (Å²) in [7, 11) is 0. The number of ketones is 1. The fourth-order valence-electron chi connectivity index (χ4n) is 2.87. The van der Waals surface area contributed by atoms with Crippen LogP contribution in [0.3, 0.4) is 0 Å². The van der Waals surface area contributed by atoms with E-state index in [1.165, 1.54) is 47.3 Å². The largest absolute Gasteiger partial charge is 0.416 e. The van der Waals surface area contributed by atoms with Crippen molar-refractivity contribution in [2.24, 2.45) is 0 Å². The second-order valence-electron chi connectivity index (χ2n) is 5.85. The van der Waals surface area contributed by atoms with Crippen molar-refractivity contribution in [3.8, 4) is 12.1 Å². The summed E-state index contributed by atoms with van der Waals surface area (Å²) in [6, 6.07) is 11.6. The fourth-order valence-corrected chi connectivity index (χ4v) is 2.87. The monoisotopic (exact) mass is 380 g/mol. The number of aromatic nitrogens is 2. The average molecular weight is 380 g/mol. The van der Waals surface area contributed by atoms with Gasteiger partial charge in [0.2, 0.25) is 0 Å². The Hall–Kier alpha value is -3.91. The molecule has 0 unspecified atom stereocenters. The van der Waals surface area contributed by atoms with Gasteiger partial charge in [0.25, 0.3) is 5.78 Å². The number of hydrogen-bond donors (Lipinski definition) is 0. The third-order valence-corrected chi connectivity index (χ3v) is 4.09. The van der Waals surface area contributed by atoms with Gasteiger partial charge in [-0.15, -0.1) is 0 Å². The van der Waals surface area contributed by atoms with Crippen LogP contribution in [0.2, 0.25) is 0 Å². The van der Waals surface area contributed by atoms with Crippen molar-refractivity contribution in [1.29, 1.82) is 10.5 Å². The van der Waals surface area contributed by atoms with E-state index in [0.717, 1.165) is 6.07 Å². The maximum Gasteiger partial charge on any atom is 0.416 e. The van der Waals surface area contributed by atoms with Crippen LogP contribution in [0.1, 0.15) is 16.7 Å². The number of benzene rings is 1. The van der Waals surface area contributed by atoms with Gasteiger partial charge >= 0.3 is 6.18 Å². The lowest BCUT2D eigenvalue weighted by Gasteiger charge is -2.13. The summed E-state index contributed by atoms with van der Waals surface area (Å²) in [5.74, 6) is -0.991. The Morgan fingerprint density at radius 2 is 1.89 bits per heavy atom. The van der Waals surface area contributed by atoms with E-state index in [1.54, 1.807) is 18.2 Å². The second-order valence-corrected chi connectivity index (χ2v) is 5.85. The maximum atomic E-state index is 13.3. The number of halogens is 3. The molecule has 0 bridgehead atoms. The van der Waals surface area contributed by atoms with Gasteiger partial charge in [-0.3, -0.25) is 4.79 Å². The predicted octanol–water partition coefficient (Wildman–Crippen LogP) is 4.10. The molecule has 0 amide bonds. The Balaban J connectivity index is 2.13. The molecule has 2 heterocycles. The van der Waals surface area contributed by atoms with Crippen LogP contribution < -0.4 is 0 Å². The Bertz CT molecular complexity index is 1180. The number of nitriles is 2. The number of allylic oxidation sites excluding steroid dienone is 1. The van der Waals surface area contributed by atoms with Crippen LogP contribution in [-0.2, 0) is 17.5 Å². The van der Waals surface area contributed by atoms with E-state index in [4.69, 9.17) is 10.5 Å². The summed E-state index contributed by atoms with van der Waals surface area (Å²) < 4.78 is 41.3. The van der Waals surface area contributed by atoms with Crippen molar-refractivity contribution in [1.82, 2.24) is 9.55 Å². The number of nitrogens with zero attached hydrogens (tertiary/aromatic N) is 4. The van der Waals surface area contributed by atoms with Crippen LogP contribution in [0.5, 0.6) is 0 Å². The minimum absolute atomic E-state index is 0.0571. The molecule has 0 saturated carbocycles. The van der Waals surface area contributed by atoms with Crippen molar-refractivity contribution in [2.75, 3.05) is 0 Å². The minimum atomic E-state index is -4.50. The smallest absolute Gasteiger partial charge is 0.327 e. The Morgan fingerprint density at radius 1 is 1.14 bits per heavy atom. The Kier molecular flexibility index (Phi) is 4.97. The topological polar surface area (TPSA) is 82.5 Å². The summed E-state index contributed by atoms with van der Waals surface area (Å²) in [5, 5.41) is 18.4. The van der Waals surface area contributed by atoms with Gasteiger partial charge in [0.15, 0.2) is 0 Å². The number of fused-ring (bicyclic) bond motifs is 1. The molecule has 0 spiro atoms. The average Bonchev–Trinajstić information content (AvgIpc) is 3.02. The molecular weight excluding hydrogens is 369 g/mol. The zero-order chi connectivity index (χ0) is 20.3. The van der Waals surface area contributed by atoms with E-state index < -0.39 is 17.5 Å². The van der Waals surface area contributed by atoms with E-state index in [-0.39, 0.29) is 17.7 Å². The number of carbonyl (C=O) groups excluding carboxylic acids is 1. The lowest BCUT2D eigenvalue weighted by atomic mass is 10.1. The maximum absolute atomic E-state index is 13.3. The first-order valence-electron chi connectivity index (χ1n) is 8.00. The van der Waals surface area contributed by atoms with E-state index >= 15 is 0 Å². The molecule has 0 atom stereocenters. The molecule has 0 fully saturated rings. The quantitative estimate of drug-likeness (QED) is 0.388. The molecule has 0 radical (unpaired) electrons. The molecular formula is C20H11F3N4O. The van der Waals surface area contributed by atoms with Gasteiger partial charge in [0.1, 0.15) is 23.4 Å². The van der Waals surface area contributed by atoms with Crippen LogP contribution in [0.15, 0.2) is 54.4 Å². The highest BCUT2D eigenvalue weighted by Crippen LogP contribution is 2.33. The Morgan fingerprint density at radius 3 is 2.57 bits per heavy atom. The highest BCUT2D eigenvalue weighted by Gasteiger charge is 2.33. The van der Waals surface area contributed by atoms with E-state index in [0.29, 0.717) is 16.6 Å². The third-order valence-electron chi connectivity index (χ3n) is 4.09. The lowest BCUT2D eigenvalue weighted by molar-refractivity contribution is -0.138.